The fourth-order valence-corrected chi connectivity index (χ4v) is 2.21. The van der Waals surface area contributed by atoms with Crippen LogP contribution in [0.15, 0.2) is 12.1 Å². The molecule has 88 valence electrons. The van der Waals surface area contributed by atoms with Crippen molar-refractivity contribution in [3.63, 3.8) is 0 Å². The predicted octanol–water partition coefficient (Wildman–Crippen LogP) is 3.59. The van der Waals surface area contributed by atoms with Crippen molar-refractivity contribution >= 4 is 5.82 Å². The summed E-state index contributed by atoms with van der Waals surface area (Å²) in [6, 6.07) is 4.99. The van der Waals surface area contributed by atoms with E-state index in [4.69, 9.17) is 4.98 Å². The Labute approximate surface area is 98.5 Å². The van der Waals surface area contributed by atoms with E-state index in [-0.39, 0.29) is 0 Å². The average molecular weight is 218 g/mol. The summed E-state index contributed by atoms with van der Waals surface area (Å²) in [5.41, 5.74) is 2.57. The van der Waals surface area contributed by atoms with Crippen LogP contribution >= 0.6 is 0 Å². The zero-order valence-electron chi connectivity index (χ0n) is 10.7. The molecule has 1 aliphatic heterocycles. The Hall–Kier alpha value is -1.05. The van der Waals surface area contributed by atoms with Gasteiger partial charge in [0.25, 0.3) is 0 Å². The second kappa shape index (κ2) is 4.44. The molecule has 0 fully saturated rings. The fraction of sp³-hybridized carbons (Fsp3) is 0.643. The molecule has 1 aromatic heterocycles. The van der Waals surface area contributed by atoms with Crippen LogP contribution in [0, 0.1) is 5.92 Å². The quantitative estimate of drug-likeness (QED) is 0.820. The Morgan fingerprint density at radius 2 is 2.00 bits per heavy atom. The predicted molar refractivity (Wildman–Crippen MR) is 68.9 cm³/mol. The summed E-state index contributed by atoms with van der Waals surface area (Å²) < 4.78 is 0. The van der Waals surface area contributed by atoms with Crippen molar-refractivity contribution in [2.24, 2.45) is 5.92 Å². The van der Waals surface area contributed by atoms with Crippen molar-refractivity contribution in [3.8, 4) is 0 Å². The standard InChI is InChI=1S/C14H22N2/c1-9(2)12-7-5-11-6-8-13(10(3)4)16-14(11)15-12/h5,7,9-10,13H,6,8H2,1-4H3,(H,15,16). The molecule has 0 saturated carbocycles. The van der Waals surface area contributed by atoms with Gasteiger partial charge in [-0.2, -0.15) is 0 Å². The normalized spacial score (nSPS) is 19.8. The van der Waals surface area contributed by atoms with Gasteiger partial charge < -0.3 is 5.32 Å². The molecular weight excluding hydrogens is 196 g/mol. The second-order valence-electron chi connectivity index (χ2n) is 5.43. The summed E-state index contributed by atoms with van der Waals surface area (Å²) in [5.74, 6) is 2.31. The van der Waals surface area contributed by atoms with Crippen molar-refractivity contribution in [1.29, 1.82) is 0 Å². The van der Waals surface area contributed by atoms with Crippen LogP contribution < -0.4 is 5.32 Å². The first-order valence-corrected chi connectivity index (χ1v) is 6.34. The molecule has 0 aliphatic carbocycles. The highest BCUT2D eigenvalue weighted by molar-refractivity contribution is 5.48. The third-order valence-corrected chi connectivity index (χ3v) is 3.44. The van der Waals surface area contributed by atoms with Gasteiger partial charge in [-0.15, -0.1) is 0 Å². The Kier molecular flexibility index (Phi) is 3.17. The lowest BCUT2D eigenvalue weighted by molar-refractivity contribution is 0.480. The van der Waals surface area contributed by atoms with E-state index in [1.807, 2.05) is 0 Å². The number of fused-ring (bicyclic) bond motifs is 1. The van der Waals surface area contributed by atoms with Crippen LogP contribution in [0.25, 0.3) is 0 Å². The maximum absolute atomic E-state index is 4.73. The highest BCUT2D eigenvalue weighted by Gasteiger charge is 2.21. The minimum atomic E-state index is 0.506. The number of anilines is 1. The van der Waals surface area contributed by atoms with Crippen molar-refractivity contribution in [2.75, 3.05) is 5.32 Å². The fourth-order valence-electron chi connectivity index (χ4n) is 2.21. The zero-order valence-corrected chi connectivity index (χ0v) is 10.7. The minimum Gasteiger partial charge on any atom is -0.367 e. The van der Waals surface area contributed by atoms with E-state index in [1.54, 1.807) is 0 Å². The summed E-state index contributed by atoms with van der Waals surface area (Å²) in [6.07, 6.45) is 2.39. The number of aromatic nitrogens is 1. The molecule has 0 aromatic carbocycles. The molecule has 1 atom stereocenters. The van der Waals surface area contributed by atoms with Gasteiger partial charge in [-0.05, 0) is 36.3 Å². The maximum atomic E-state index is 4.73. The third-order valence-electron chi connectivity index (χ3n) is 3.44. The molecule has 0 spiro atoms. The molecule has 2 nitrogen and oxygen atoms in total. The molecule has 0 amide bonds. The van der Waals surface area contributed by atoms with Gasteiger partial charge in [0.15, 0.2) is 0 Å². The molecule has 1 unspecified atom stereocenters. The van der Waals surface area contributed by atoms with E-state index >= 15 is 0 Å². The highest BCUT2D eigenvalue weighted by Crippen LogP contribution is 2.27. The average Bonchev–Trinajstić information content (AvgIpc) is 2.27. The first-order chi connectivity index (χ1) is 7.58. The molecule has 0 saturated heterocycles. The Bertz CT molecular complexity index is 369. The summed E-state index contributed by atoms with van der Waals surface area (Å²) >= 11 is 0. The van der Waals surface area contributed by atoms with Crippen LogP contribution in [0.4, 0.5) is 5.82 Å². The van der Waals surface area contributed by atoms with Gasteiger partial charge in [0.05, 0.1) is 0 Å². The van der Waals surface area contributed by atoms with Crippen LogP contribution in [0.3, 0.4) is 0 Å². The Morgan fingerprint density at radius 3 is 2.62 bits per heavy atom. The van der Waals surface area contributed by atoms with E-state index in [9.17, 15) is 0 Å². The van der Waals surface area contributed by atoms with Crippen molar-refractivity contribution < 1.29 is 0 Å². The van der Waals surface area contributed by atoms with Gasteiger partial charge in [-0.3, -0.25) is 0 Å². The topological polar surface area (TPSA) is 24.9 Å². The maximum Gasteiger partial charge on any atom is 0.129 e. The number of pyridine rings is 1. The number of aryl methyl sites for hydroxylation is 1. The summed E-state index contributed by atoms with van der Waals surface area (Å²) in [7, 11) is 0. The number of nitrogens with zero attached hydrogens (tertiary/aromatic N) is 1. The largest absolute Gasteiger partial charge is 0.367 e. The SMILES string of the molecule is CC(C)c1ccc2c(n1)NC(C(C)C)CC2. The third kappa shape index (κ3) is 2.21. The summed E-state index contributed by atoms with van der Waals surface area (Å²) in [6.45, 7) is 8.93. The van der Waals surface area contributed by atoms with Gasteiger partial charge in [0.1, 0.15) is 5.82 Å². The van der Waals surface area contributed by atoms with Crippen molar-refractivity contribution in [1.82, 2.24) is 4.98 Å². The summed E-state index contributed by atoms with van der Waals surface area (Å²) in [5, 5.41) is 3.58. The number of hydrogen-bond acceptors (Lipinski definition) is 2. The molecule has 2 heterocycles. The van der Waals surface area contributed by atoms with Gasteiger partial charge in [-0.1, -0.05) is 33.8 Å². The monoisotopic (exact) mass is 218 g/mol. The van der Waals surface area contributed by atoms with E-state index in [1.165, 1.54) is 17.7 Å². The van der Waals surface area contributed by atoms with Crippen LogP contribution in [-0.4, -0.2) is 11.0 Å². The van der Waals surface area contributed by atoms with Crippen LogP contribution in [-0.2, 0) is 6.42 Å². The number of rotatable bonds is 2. The molecule has 16 heavy (non-hydrogen) atoms. The molecule has 2 heteroatoms. The highest BCUT2D eigenvalue weighted by atomic mass is 15.0. The van der Waals surface area contributed by atoms with E-state index in [2.05, 4.69) is 45.1 Å². The van der Waals surface area contributed by atoms with Crippen LogP contribution in [0.1, 0.15) is 51.3 Å². The number of hydrogen-bond donors (Lipinski definition) is 1. The lowest BCUT2D eigenvalue weighted by atomic mass is 9.93. The van der Waals surface area contributed by atoms with E-state index < -0.39 is 0 Å². The van der Waals surface area contributed by atoms with Gasteiger partial charge in [0.2, 0.25) is 0 Å². The first-order valence-electron chi connectivity index (χ1n) is 6.34. The minimum absolute atomic E-state index is 0.506. The zero-order chi connectivity index (χ0) is 11.7. The van der Waals surface area contributed by atoms with Gasteiger partial charge in [0, 0.05) is 11.7 Å². The van der Waals surface area contributed by atoms with Gasteiger partial charge >= 0.3 is 0 Å². The first kappa shape index (κ1) is 11.4. The molecule has 2 rings (SSSR count). The van der Waals surface area contributed by atoms with E-state index in [0.29, 0.717) is 17.9 Å². The lowest BCUT2D eigenvalue weighted by Gasteiger charge is -2.29. The van der Waals surface area contributed by atoms with Crippen LogP contribution in [0.2, 0.25) is 0 Å². The molecule has 1 aromatic rings. The molecule has 1 N–H and O–H groups in total. The summed E-state index contributed by atoms with van der Waals surface area (Å²) in [4.78, 5) is 4.73. The smallest absolute Gasteiger partial charge is 0.129 e. The van der Waals surface area contributed by atoms with E-state index in [0.717, 1.165) is 12.2 Å². The van der Waals surface area contributed by atoms with Crippen molar-refractivity contribution in [3.05, 3.63) is 23.4 Å². The number of nitrogens with one attached hydrogen (secondary N) is 1. The van der Waals surface area contributed by atoms with Gasteiger partial charge in [-0.25, -0.2) is 4.98 Å². The molecule has 1 aliphatic rings. The molecular formula is C14H22N2. The Balaban J connectivity index is 2.25. The van der Waals surface area contributed by atoms with Crippen molar-refractivity contribution in [2.45, 2.75) is 52.5 Å². The molecule has 0 radical (unpaired) electrons. The lowest BCUT2D eigenvalue weighted by Crippen LogP contribution is -2.31. The van der Waals surface area contributed by atoms with Crippen LogP contribution in [0.5, 0.6) is 0 Å². The second-order valence-corrected chi connectivity index (χ2v) is 5.43. The molecule has 0 bridgehead atoms. The Morgan fingerprint density at radius 1 is 1.25 bits per heavy atom.